The quantitative estimate of drug-likeness (QED) is 0.392. The topological polar surface area (TPSA) is 80.8 Å². The Morgan fingerprint density at radius 2 is 1.46 bits per heavy atom. The van der Waals surface area contributed by atoms with Gasteiger partial charge in [-0.25, -0.2) is 13.7 Å². The van der Waals surface area contributed by atoms with E-state index in [9.17, 15) is 28.0 Å². The molecule has 3 atom stereocenters. The van der Waals surface area contributed by atoms with Gasteiger partial charge in [0.15, 0.2) is 0 Å². The lowest BCUT2D eigenvalue weighted by Crippen LogP contribution is -2.51. The third-order valence-electron chi connectivity index (χ3n) is 6.87. The molecule has 1 spiro atoms. The van der Waals surface area contributed by atoms with Crippen molar-refractivity contribution >= 4 is 40.7 Å². The van der Waals surface area contributed by atoms with Gasteiger partial charge in [-0.3, -0.25) is 19.2 Å². The number of benzene rings is 3. The van der Waals surface area contributed by atoms with Gasteiger partial charge in [0.1, 0.15) is 11.6 Å². The Morgan fingerprint density at radius 1 is 0.829 bits per heavy atom. The summed E-state index contributed by atoms with van der Waals surface area (Å²) >= 11 is 5.94. The second-order valence-corrected chi connectivity index (χ2v) is 9.07. The van der Waals surface area contributed by atoms with Gasteiger partial charge in [0.25, 0.3) is 0 Å². The minimum absolute atomic E-state index is 0.0571. The summed E-state index contributed by atoms with van der Waals surface area (Å²) in [6, 6.07) is 14.6. The van der Waals surface area contributed by atoms with Gasteiger partial charge in [-0.2, -0.15) is 0 Å². The number of anilines is 1. The molecular formula is C26H14ClF2NO5. The molecule has 3 aromatic carbocycles. The van der Waals surface area contributed by atoms with Crippen molar-refractivity contribution in [3.8, 4) is 0 Å². The van der Waals surface area contributed by atoms with Crippen LogP contribution in [0.1, 0.15) is 32.4 Å². The van der Waals surface area contributed by atoms with Crippen LogP contribution in [0.3, 0.4) is 0 Å². The molecule has 2 amide bonds. The summed E-state index contributed by atoms with van der Waals surface area (Å²) in [5.41, 5.74) is -2.27. The number of halogens is 3. The van der Waals surface area contributed by atoms with Crippen LogP contribution in [0.2, 0.25) is 5.02 Å². The third kappa shape index (κ3) is 2.78. The third-order valence-corrected chi connectivity index (χ3v) is 7.12. The number of hydrogen-bond donors (Lipinski definition) is 0. The Morgan fingerprint density at radius 3 is 2.06 bits per heavy atom. The lowest BCUT2D eigenvalue weighted by Gasteiger charge is -2.27. The standard InChI is InChI=1S/C26H14ClF2NO5/c27-12-5-8-14(9-6-12)30-24(33)19-20(25(30)34)26(22(31)15-3-1-2-4-16(15)23(26)32)35-21(19)17-10-7-13(28)11-18(17)29/h1-11,19-21H/t19-,20-,21+/m1/s1. The van der Waals surface area contributed by atoms with Crippen LogP contribution >= 0.6 is 11.6 Å². The number of fused-ring (bicyclic) bond motifs is 3. The molecule has 2 fully saturated rings. The molecule has 9 heteroatoms. The molecule has 6 rings (SSSR count). The van der Waals surface area contributed by atoms with Crippen molar-refractivity contribution in [2.45, 2.75) is 11.7 Å². The van der Waals surface area contributed by atoms with E-state index in [-0.39, 0.29) is 22.4 Å². The highest BCUT2D eigenvalue weighted by atomic mass is 35.5. The summed E-state index contributed by atoms with van der Waals surface area (Å²) in [5, 5.41) is 0.371. The molecule has 1 aliphatic carbocycles. The minimum atomic E-state index is -2.34. The van der Waals surface area contributed by atoms with Gasteiger partial charge >= 0.3 is 0 Å². The number of hydrogen-bond acceptors (Lipinski definition) is 5. The maximum Gasteiger partial charge on any atom is 0.241 e. The van der Waals surface area contributed by atoms with E-state index in [1.54, 1.807) is 12.1 Å². The number of carbonyl (C=O) groups excluding carboxylic acids is 4. The van der Waals surface area contributed by atoms with E-state index in [0.29, 0.717) is 11.1 Å². The number of ether oxygens (including phenoxy) is 1. The maximum absolute atomic E-state index is 14.9. The average Bonchev–Trinajstić information content (AvgIpc) is 3.40. The van der Waals surface area contributed by atoms with E-state index in [1.165, 1.54) is 36.4 Å². The second kappa shape index (κ2) is 7.37. The zero-order valence-corrected chi connectivity index (χ0v) is 18.5. The Labute approximate surface area is 202 Å². The van der Waals surface area contributed by atoms with Crippen LogP contribution in [0.4, 0.5) is 14.5 Å². The number of rotatable bonds is 2. The van der Waals surface area contributed by atoms with Crippen LogP contribution < -0.4 is 4.90 Å². The average molecular weight is 494 g/mol. The molecule has 0 unspecified atom stereocenters. The lowest BCUT2D eigenvalue weighted by atomic mass is 9.77. The molecule has 174 valence electrons. The van der Waals surface area contributed by atoms with Gasteiger partial charge in [-0.1, -0.05) is 41.9 Å². The molecule has 6 nitrogen and oxygen atoms in total. The molecule has 3 aliphatic rings. The first kappa shape index (κ1) is 21.8. The van der Waals surface area contributed by atoms with Gasteiger partial charge in [-0.15, -0.1) is 0 Å². The van der Waals surface area contributed by atoms with Crippen LogP contribution in [-0.2, 0) is 14.3 Å². The number of nitrogens with zero attached hydrogens (tertiary/aromatic N) is 1. The fourth-order valence-electron chi connectivity index (χ4n) is 5.38. The molecule has 0 bridgehead atoms. The highest BCUT2D eigenvalue weighted by Crippen LogP contribution is 2.58. The molecule has 35 heavy (non-hydrogen) atoms. The van der Waals surface area contributed by atoms with E-state index >= 15 is 0 Å². The number of imide groups is 1. The summed E-state index contributed by atoms with van der Waals surface area (Å²) in [6.07, 6.45) is -1.48. The van der Waals surface area contributed by atoms with Crippen LogP contribution in [0.25, 0.3) is 0 Å². The zero-order chi connectivity index (χ0) is 24.6. The summed E-state index contributed by atoms with van der Waals surface area (Å²) in [5.74, 6) is -7.91. The Hall–Kier alpha value is -3.75. The van der Waals surface area contributed by atoms with Crippen molar-refractivity contribution in [1.82, 2.24) is 0 Å². The molecule has 3 aromatic rings. The van der Waals surface area contributed by atoms with E-state index in [4.69, 9.17) is 16.3 Å². The highest BCUT2D eigenvalue weighted by Gasteiger charge is 2.75. The van der Waals surface area contributed by atoms with E-state index in [2.05, 4.69) is 0 Å². The van der Waals surface area contributed by atoms with Gasteiger partial charge in [0.2, 0.25) is 29.0 Å². The van der Waals surface area contributed by atoms with Crippen LogP contribution in [-0.4, -0.2) is 29.0 Å². The number of ketones is 2. The van der Waals surface area contributed by atoms with Crippen LogP contribution in [0.5, 0.6) is 0 Å². The van der Waals surface area contributed by atoms with Crippen molar-refractivity contribution in [3.63, 3.8) is 0 Å². The van der Waals surface area contributed by atoms with Crippen LogP contribution in [0.15, 0.2) is 66.7 Å². The Bertz CT molecular complexity index is 1440. The second-order valence-electron chi connectivity index (χ2n) is 8.64. The summed E-state index contributed by atoms with van der Waals surface area (Å²) in [4.78, 5) is 55.5. The monoisotopic (exact) mass is 493 g/mol. The lowest BCUT2D eigenvalue weighted by molar-refractivity contribution is -0.127. The maximum atomic E-state index is 14.9. The molecule has 0 radical (unpaired) electrons. The van der Waals surface area contributed by atoms with E-state index < -0.39 is 58.6 Å². The van der Waals surface area contributed by atoms with Crippen molar-refractivity contribution < 1.29 is 32.7 Å². The van der Waals surface area contributed by atoms with Crippen molar-refractivity contribution in [2.24, 2.45) is 11.8 Å². The number of amides is 2. The first-order chi connectivity index (χ1) is 16.8. The SMILES string of the molecule is O=C1[C@H]2[C@H](c3ccc(F)cc3F)OC3(C(=O)c4ccccc4C3=O)[C@H]2C(=O)N1c1ccc(Cl)cc1. The zero-order valence-electron chi connectivity index (χ0n) is 17.7. The normalized spacial score (nSPS) is 24.4. The first-order valence-electron chi connectivity index (χ1n) is 10.7. The largest absolute Gasteiger partial charge is 0.349 e. The summed E-state index contributed by atoms with van der Waals surface area (Å²) < 4.78 is 34.5. The van der Waals surface area contributed by atoms with Gasteiger partial charge in [-0.05, 0) is 30.3 Å². The van der Waals surface area contributed by atoms with Gasteiger partial charge in [0, 0.05) is 27.8 Å². The fraction of sp³-hybridized carbons (Fsp3) is 0.154. The minimum Gasteiger partial charge on any atom is -0.349 e. The summed E-state index contributed by atoms with van der Waals surface area (Å²) in [7, 11) is 0. The smallest absolute Gasteiger partial charge is 0.241 e. The number of carbonyl (C=O) groups is 4. The van der Waals surface area contributed by atoms with E-state index in [1.807, 2.05) is 0 Å². The highest BCUT2D eigenvalue weighted by molar-refractivity contribution is 6.37. The Kier molecular flexibility index (Phi) is 4.58. The molecule has 2 heterocycles. The van der Waals surface area contributed by atoms with Gasteiger partial charge in [0.05, 0.1) is 23.6 Å². The molecule has 2 saturated heterocycles. The first-order valence-corrected chi connectivity index (χ1v) is 11.1. The molecular weight excluding hydrogens is 480 g/mol. The molecule has 0 aromatic heterocycles. The molecule has 2 aliphatic heterocycles. The van der Waals surface area contributed by atoms with E-state index in [0.717, 1.165) is 17.0 Å². The van der Waals surface area contributed by atoms with Crippen molar-refractivity contribution in [3.05, 3.63) is 100 Å². The van der Waals surface area contributed by atoms with Crippen molar-refractivity contribution in [2.75, 3.05) is 4.90 Å². The predicted octanol–water partition coefficient (Wildman–Crippen LogP) is 4.31. The van der Waals surface area contributed by atoms with Crippen LogP contribution in [0, 0.1) is 23.5 Å². The van der Waals surface area contributed by atoms with Crippen molar-refractivity contribution in [1.29, 1.82) is 0 Å². The Balaban J connectivity index is 1.56. The van der Waals surface area contributed by atoms with Gasteiger partial charge < -0.3 is 4.74 Å². The fourth-order valence-corrected chi connectivity index (χ4v) is 5.50. The summed E-state index contributed by atoms with van der Waals surface area (Å²) in [6.45, 7) is 0. The molecule has 0 saturated carbocycles. The number of Topliss-reactive ketones (excluding diaryl/α,β-unsaturated/α-hetero) is 2. The molecule has 0 N–H and O–H groups in total. The predicted molar refractivity (Wildman–Crippen MR) is 119 cm³/mol.